The Labute approximate surface area is 314 Å². The standard InChI is InChI=1S/C41H83O9P/c1-3-5-7-9-11-13-15-17-19-21-23-25-27-29-31-33-36(50-41(46)40(45)39(44)38(43)37(42)35-49-51(47)48)34-32-30-28-26-24-22-20-18-16-14-12-10-8-6-4-2/h36-40,42-45,51H,3-35H2,1-2H3,(H,47,48). The molecule has 0 spiro atoms. The summed E-state index contributed by atoms with van der Waals surface area (Å²) in [5, 5.41) is 40.7. The molecule has 306 valence electrons. The number of unbranched alkanes of at least 4 members (excludes halogenated alkanes) is 28. The van der Waals surface area contributed by atoms with Crippen molar-refractivity contribution in [2.24, 2.45) is 0 Å². The van der Waals surface area contributed by atoms with Gasteiger partial charge in [-0.15, -0.1) is 0 Å². The van der Waals surface area contributed by atoms with Crippen LogP contribution >= 0.6 is 8.25 Å². The monoisotopic (exact) mass is 751 g/mol. The molecule has 5 atom stereocenters. The Bertz CT molecular complexity index is 737. The van der Waals surface area contributed by atoms with Crippen LogP contribution < -0.4 is 0 Å². The number of aliphatic hydroxyl groups is 4. The molecule has 0 radical (unpaired) electrons. The summed E-state index contributed by atoms with van der Waals surface area (Å²) in [5.74, 6) is -1.04. The van der Waals surface area contributed by atoms with Crippen LogP contribution in [0.25, 0.3) is 0 Å². The highest BCUT2D eigenvalue weighted by Gasteiger charge is 2.36. The van der Waals surface area contributed by atoms with Crippen LogP contribution in [0.2, 0.25) is 0 Å². The average Bonchev–Trinajstić information content (AvgIpc) is 3.12. The zero-order valence-corrected chi connectivity index (χ0v) is 34.1. The number of aliphatic hydroxyl groups excluding tert-OH is 4. The second-order valence-corrected chi connectivity index (χ2v) is 15.9. The Morgan fingerprint density at radius 1 is 0.490 bits per heavy atom. The molecule has 51 heavy (non-hydrogen) atoms. The topological polar surface area (TPSA) is 154 Å². The van der Waals surface area contributed by atoms with E-state index in [4.69, 9.17) is 9.63 Å². The van der Waals surface area contributed by atoms with Crippen LogP contribution in [0.1, 0.15) is 219 Å². The number of rotatable bonds is 40. The smallest absolute Gasteiger partial charge is 0.338 e. The molecular formula is C41H83O9P. The predicted molar refractivity (Wildman–Crippen MR) is 210 cm³/mol. The Kier molecular flexibility index (Phi) is 37.4. The first-order valence-electron chi connectivity index (χ1n) is 21.5. The minimum absolute atomic E-state index is 0.395. The van der Waals surface area contributed by atoms with Gasteiger partial charge in [0.1, 0.15) is 24.4 Å². The fraction of sp³-hybridized carbons (Fsp3) is 0.976. The minimum Gasteiger partial charge on any atom is -0.460 e. The summed E-state index contributed by atoms with van der Waals surface area (Å²) in [5.41, 5.74) is 0. The zero-order valence-electron chi connectivity index (χ0n) is 33.1. The summed E-state index contributed by atoms with van der Waals surface area (Å²) in [4.78, 5) is 21.5. The molecule has 5 unspecified atom stereocenters. The molecule has 5 N–H and O–H groups in total. The molecule has 0 heterocycles. The summed E-state index contributed by atoms with van der Waals surface area (Å²) < 4.78 is 20.8. The lowest BCUT2D eigenvalue weighted by molar-refractivity contribution is -0.175. The summed E-state index contributed by atoms with van der Waals surface area (Å²) in [6.45, 7) is 3.79. The molecule has 0 saturated heterocycles. The molecule has 9 nitrogen and oxygen atoms in total. The third kappa shape index (κ3) is 32.6. The molecule has 0 aliphatic rings. The number of hydrogen-bond acceptors (Lipinski definition) is 8. The maximum Gasteiger partial charge on any atom is 0.338 e. The molecule has 0 bridgehead atoms. The van der Waals surface area contributed by atoms with Gasteiger partial charge in [-0.2, -0.15) is 0 Å². The number of ether oxygens (including phenoxy) is 1. The van der Waals surface area contributed by atoms with Gasteiger partial charge in [-0.25, -0.2) is 4.79 Å². The predicted octanol–water partition coefficient (Wildman–Crippen LogP) is 10.3. The van der Waals surface area contributed by atoms with Crippen molar-refractivity contribution < 1.29 is 43.9 Å². The van der Waals surface area contributed by atoms with Crippen molar-refractivity contribution in [3.8, 4) is 0 Å². The van der Waals surface area contributed by atoms with Gasteiger partial charge in [-0.05, 0) is 25.7 Å². The van der Waals surface area contributed by atoms with Crippen molar-refractivity contribution in [1.29, 1.82) is 0 Å². The molecule has 0 aliphatic carbocycles. The van der Waals surface area contributed by atoms with Crippen molar-refractivity contribution in [2.45, 2.75) is 250 Å². The first-order chi connectivity index (χ1) is 24.7. The third-order valence-corrected chi connectivity index (χ3v) is 10.6. The molecular weight excluding hydrogens is 667 g/mol. The molecule has 0 aromatic heterocycles. The molecule has 0 fully saturated rings. The second kappa shape index (κ2) is 37.8. The van der Waals surface area contributed by atoms with E-state index >= 15 is 0 Å². The highest BCUT2D eigenvalue weighted by molar-refractivity contribution is 7.32. The number of carbonyl (C=O) groups excluding carboxylic acids is 1. The molecule has 0 saturated carbocycles. The molecule has 0 aromatic carbocycles. The van der Waals surface area contributed by atoms with E-state index in [1.165, 1.54) is 154 Å². The average molecular weight is 751 g/mol. The minimum atomic E-state index is -3.35. The Hall–Kier alpha value is -0.540. The van der Waals surface area contributed by atoms with Crippen LogP contribution in [0.3, 0.4) is 0 Å². The molecule has 0 amide bonds. The van der Waals surface area contributed by atoms with E-state index in [1.54, 1.807) is 0 Å². The lowest BCUT2D eigenvalue weighted by atomic mass is 10.00. The van der Waals surface area contributed by atoms with Crippen LogP contribution in [0.4, 0.5) is 0 Å². The Morgan fingerprint density at radius 3 is 1.08 bits per heavy atom. The maximum absolute atomic E-state index is 12.8. The highest BCUT2D eigenvalue weighted by atomic mass is 31.1. The first kappa shape index (κ1) is 50.5. The largest absolute Gasteiger partial charge is 0.460 e. The highest BCUT2D eigenvalue weighted by Crippen LogP contribution is 2.21. The van der Waals surface area contributed by atoms with Crippen molar-refractivity contribution in [3.05, 3.63) is 0 Å². The van der Waals surface area contributed by atoms with E-state index in [1.807, 2.05) is 0 Å². The SMILES string of the molecule is CCCCCCCCCCCCCCCCCC(CCCCCCCCCCCCCCCCC)OC(=O)C(O)C(O)C(O)C(O)CO[PH](=O)O. The summed E-state index contributed by atoms with van der Waals surface area (Å²) in [6, 6.07) is 0. The van der Waals surface area contributed by atoms with Crippen LogP contribution in [-0.4, -0.2) is 68.4 Å². The van der Waals surface area contributed by atoms with Gasteiger partial charge in [0, 0.05) is 0 Å². The van der Waals surface area contributed by atoms with Gasteiger partial charge in [0.2, 0.25) is 0 Å². The van der Waals surface area contributed by atoms with E-state index in [0.717, 1.165) is 38.5 Å². The van der Waals surface area contributed by atoms with Gasteiger partial charge in [0.25, 0.3) is 0 Å². The lowest BCUT2D eigenvalue weighted by Gasteiger charge is -2.26. The van der Waals surface area contributed by atoms with Gasteiger partial charge in [0.15, 0.2) is 6.10 Å². The van der Waals surface area contributed by atoms with Gasteiger partial charge >= 0.3 is 14.2 Å². The van der Waals surface area contributed by atoms with Crippen molar-refractivity contribution in [1.82, 2.24) is 0 Å². The summed E-state index contributed by atoms with van der Waals surface area (Å²) in [7, 11) is -3.35. The van der Waals surface area contributed by atoms with Gasteiger partial charge < -0.3 is 34.6 Å². The Morgan fingerprint density at radius 2 is 0.784 bits per heavy atom. The lowest BCUT2D eigenvalue weighted by Crippen LogP contribution is -2.49. The zero-order chi connectivity index (χ0) is 37.8. The molecule has 0 rings (SSSR count). The van der Waals surface area contributed by atoms with Crippen LogP contribution in [-0.2, 0) is 18.6 Å². The van der Waals surface area contributed by atoms with E-state index in [-0.39, 0.29) is 0 Å². The van der Waals surface area contributed by atoms with Gasteiger partial charge in [-0.1, -0.05) is 194 Å². The van der Waals surface area contributed by atoms with Crippen molar-refractivity contribution in [3.63, 3.8) is 0 Å². The Balaban J connectivity index is 4.42. The second-order valence-electron chi connectivity index (χ2n) is 15.1. The first-order valence-corrected chi connectivity index (χ1v) is 22.8. The molecule has 10 heteroatoms. The summed E-state index contributed by atoms with van der Waals surface area (Å²) >= 11 is 0. The van der Waals surface area contributed by atoms with Crippen LogP contribution in [0.5, 0.6) is 0 Å². The maximum atomic E-state index is 12.8. The fourth-order valence-corrected chi connectivity index (χ4v) is 7.11. The van der Waals surface area contributed by atoms with Gasteiger partial charge in [-0.3, -0.25) is 4.57 Å². The van der Waals surface area contributed by atoms with Crippen LogP contribution in [0, 0.1) is 0 Å². The van der Waals surface area contributed by atoms with E-state index in [2.05, 4.69) is 18.4 Å². The van der Waals surface area contributed by atoms with E-state index in [9.17, 15) is 29.8 Å². The number of hydrogen-bond donors (Lipinski definition) is 5. The molecule has 0 aromatic rings. The quantitative estimate of drug-likeness (QED) is 0.0234. The van der Waals surface area contributed by atoms with E-state index in [0.29, 0.717) is 12.8 Å². The van der Waals surface area contributed by atoms with Gasteiger partial charge in [0.05, 0.1) is 6.61 Å². The van der Waals surface area contributed by atoms with Crippen molar-refractivity contribution in [2.75, 3.05) is 6.61 Å². The number of esters is 1. The molecule has 0 aliphatic heterocycles. The van der Waals surface area contributed by atoms with Crippen LogP contribution in [0.15, 0.2) is 0 Å². The fourth-order valence-electron chi connectivity index (χ4n) is 6.79. The van der Waals surface area contributed by atoms with E-state index < -0.39 is 51.4 Å². The summed E-state index contributed by atoms with van der Waals surface area (Å²) in [6.07, 6.45) is 31.3. The van der Waals surface area contributed by atoms with Crippen molar-refractivity contribution >= 4 is 14.2 Å². The number of carbonyl (C=O) groups is 1. The third-order valence-electron chi connectivity index (χ3n) is 10.2. The normalized spacial score (nSPS) is 14.8.